The first-order valence-electron chi connectivity index (χ1n) is 6.84. The second kappa shape index (κ2) is 7.26. The van der Waals surface area contributed by atoms with Crippen LogP contribution in [0.2, 0.25) is 0 Å². The highest BCUT2D eigenvalue weighted by Gasteiger charge is 2.22. The molecule has 1 heterocycles. The molecule has 1 fully saturated rings. The van der Waals surface area contributed by atoms with Crippen LogP contribution in [0.25, 0.3) is 0 Å². The lowest BCUT2D eigenvalue weighted by atomic mass is 10.1. The Labute approximate surface area is 114 Å². The molecule has 104 valence electrons. The van der Waals surface area contributed by atoms with Gasteiger partial charge in [0.1, 0.15) is 0 Å². The second-order valence-electron chi connectivity index (χ2n) is 4.98. The van der Waals surface area contributed by atoms with Crippen LogP contribution in [0.15, 0.2) is 30.3 Å². The highest BCUT2D eigenvalue weighted by Crippen LogP contribution is 2.10. The molecule has 0 aromatic heterocycles. The zero-order valence-corrected chi connectivity index (χ0v) is 11.1. The van der Waals surface area contributed by atoms with Crippen molar-refractivity contribution >= 4 is 5.97 Å². The van der Waals surface area contributed by atoms with Crippen LogP contribution in [0, 0.1) is 0 Å². The Morgan fingerprint density at radius 1 is 1.37 bits per heavy atom. The van der Waals surface area contributed by atoms with Crippen LogP contribution >= 0.6 is 0 Å². The highest BCUT2D eigenvalue weighted by atomic mass is 16.5. The first-order chi connectivity index (χ1) is 9.24. The minimum absolute atomic E-state index is 0.106. The minimum atomic E-state index is -0.781. The van der Waals surface area contributed by atoms with Crippen molar-refractivity contribution in [2.24, 2.45) is 0 Å². The zero-order valence-electron chi connectivity index (χ0n) is 11.1. The number of nitrogens with zero attached hydrogens (tertiary/aromatic N) is 1. The molecule has 0 spiro atoms. The summed E-state index contributed by atoms with van der Waals surface area (Å²) in [5, 5.41) is 8.78. The number of carbonyl (C=O) groups is 1. The molecule has 1 aliphatic heterocycles. The van der Waals surface area contributed by atoms with Crippen molar-refractivity contribution in [2.75, 3.05) is 26.2 Å². The molecule has 1 aromatic carbocycles. The average Bonchev–Trinajstić information content (AvgIpc) is 2.40. The molecule has 1 aromatic rings. The van der Waals surface area contributed by atoms with Gasteiger partial charge in [0, 0.05) is 13.1 Å². The van der Waals surface area contributed by atoms with E-state index in [1.807, 2.05) is 6.07 Å². The Balaban J connectivity index is 1.69. The fraction of sp³-hybridized carbons (Fsp3) is 0.533. The van der Waals surface area contributed by atoms with Gasteiger partial charge < -0.3 is 9.84 Å². The number of aryl methyl sites for hydroxylation is 1. The third kappa shape index (κ3) is 5.01. The summed E-state index contributed by atoms with van der Waals surface area (Å²) >= 11 is 0. The van der Waals surface area contributed by atoms with Crippen LogP contribution < -0.4 is 0 Å². The highest BCUT2D eigenvalue weighted by molar-refractivity contribution is 5.67. The van der Waals surface area contributed by atoms with Gasteiger partial charge in [0.15, 0.2) is 0 Å². The topological polar surface area (TPSA) is 49.8 Å². The van der Waals surface area contributed by atoms with Crippen molar-refractivity contribution in [3.05, 3.63) is 35.9 Å². The number of benzene rings is 1. The van der Waals surface area contributed by atoms with E-state index in [9.17, 15) is 4.79 Å². The Hall–Kier alpha value is -1.39. The third-order valence-electron chi connectivity index (χ3n) is 3.41. The second-order valence-corrected chi connectivity index (χ2v) is 4.98. The molecule has 0 radical (unpaired) electrons. The summed E-state index contributed by atoms with van der Waals surface area (Å²) in [6, 6.07) is 10.4. The summed E-state index contributed by atoms with van der Waals surface area (Å²) in [6.45, 7) is 3.30. The van der Waals surface area contributed by atoms with Crippen molar-refractivity contribution < 1.29 is 14.6 Å². The molecule has 0 bridgehead atoms. The van der Waals surface area contributed by atoms with Crippen LogP contribution in [0.3, 0.4) is 0 Å². The van der Waals surface area contributed by atoms with Crippen molar-refractivity contribution in [2.45, 2.75) is 25.4 Å². The number of hydrogen-bond acceptors (Lipinski definition) is 3. The van der Waals surface area contributed by atoms with Gasteiger partial charge in [-0.05, 0) is 24.9 Å². The van der Waals surface area contributed by atoms with E-state index >= 15 is 0 Å². The van der Waals surface area contributed by atoms with Crippen molar-refractivity contribution in [3.8, 4) is 0 Å². The molecule has 19 heavy (non-hydrogen) atoms. The first-order valence-corrected chi connectivity index (χ1v) is 6.84. The molecule has 1 saturated heterocycles. The number of carboxylic acid groups (broad SMARTS) is 1. The molecule has 0 amide bonds. The predicted octanol–water partition coefficient (Wildman–Crippen LogP) is 1.79. The summed E-state index contributed by atoms with van der Waals surface area (Å²) in [5.41, 5.74) is 1.36. The largest absolute Gasteiger partial charge is 0.481 e. The van der Waals surface area contributed by atoms with E-state index in [2.05, 4.69) is 29.2 Å². The maximum absolute atomic E-state index is 10.7. The van der Waals surface area contributed by atoms with E-state index in [4.69, 9.17) is 9.84 Å². The number of rotatable bonds is 6. The van der Waals surface area contributed by atoms with Gasteiger partial charge in [-0.25, -0.2) is 0 Å². The van der Waals surface area contributed by atoms with Gasteiger partial charge >= 0.3 is 5.97 Å². The predicted molar refractivity (Wildman–Crippen MR) is 73.2 cm³/mol. The molecule has 0 aliphatic carbocycles. The maximum atomic E-state index is 10.7. The SMILES string of the molecule is O=C(O)CC1CN(CCCc2ccccc2)CCO1. The molecular weight excluding hydrogens is 242 g/mol. The molecule has 1 aliphatic rings. The van der Waals surface area contributed by atoms with Gasteiger partial charge in [0.2, 0.25) is 0 Å². The Morgan fingerprint density at radius 3 is 2.89 bits per heavy atom. The van der Waals surface area contributed by atoms with E-state index in [1.54, 1.807) is 0 Å². The van der Waals surface area contributed by atoms with E-state index in [0.29, 0.717) is 6.61 Å². The van der Waals surface area contributed by atoms with Crippen molar-refractivity contribution in [1.82, 2.24) is 4.90 Å². The van der Waals surface area contributed by atoms with Gasteiger partial charge in [-0.3, -0.25) is 9.69 Å². The smallest absolute Gasteiger partial charge is 0.306 e. The summed E-state index contributed by atoms with van der Waals surface area (Å²) in [7, 11) is 0. The molecule has 4 nitrogen and oxygen atoms in total. The van der Waals surface area contributed by atoms with Gasteiger partial charge in [-0.2, -0.15) is 0 Å². The molecule has 1 N–H and O–H groups in total. The third-order valence-corrected chi connectivity index (χ3v) is 3.41. The van der Waals surface area contributed by atoms with Crippen LogP contribution in [0.4, 0.5) is 0 Å². The Bertz CT molecular complexity index is 394. The van der Waals surface area contributed by atoms with E-state index in [0.717, 1.165) is 32.5 Å². The molecular formula is C15H21NO3. The van der Waals surface area contributed by atoms with Crippen LogP contribution in [-0.4, -0.2) is 48.3 Å². The summed E-state index contributed by atoms with van der Waals surface area (Å²) in [6.07, 6.45) is 2.13. The molecule has 1 unspecified atom stereocenters. The van der Waals surface area contributed by atoms with Crippen LogP contribution in [0.1, 0.15) is 18.4 Å². The van der Waals surface area contributed by atoms with Crippen LogP contribution in [-0.2, 0) is 16.0 Å². The lowest BCUT2D eigenvalue weighted by Gasteiger charge is -2.32. The number of aliphatic carboxylic acids is 1. The van der Waals surface area contributed by atoms with Gasteiger partial charge in [-0.15, -0.1) is 0 Å². The number of hydrogen-bond donors (Lipinski definition) is 1. The fourth-order valence-corrected chi connectivity index (χ4v) is 2.45. The number of morpholine rings is 1. The van der Waals surface area contributed by atoms with Crippen LogP contribution in [0.5, 0.6) is 0 Å². The summed E-state index contributed by atoms with van der Waals surface area (Å²) in [5.74, 6) is -0.781. The van der Waals surface area contributed by atoms with E-state index in [1.165, 1.54) is 5.56 Å². The summed E-state index contributed by atoms with van der Waals surface area (Å²) < 4.78 is 5.46. The average molecular weight is 263 g/mol. The van der Waals surface area contributed by atoms with E-state index in [-0.39, 0.29) is 12.5 Å². The van der Waals surface area contributed by atoms with Crippen molar-refractivity contribution in [1.29, 1.82) is 0 Å². The van der Waals surface area contributed by atoms with Gasteiger partial charge in [0.25, 0.3) is 0 Å². The van der Waals surface area contributed by atoms with Gasteiger partial charge in [-0.1, -0.05) is 30.3 Å². The Morgan fingerprint density at radius 2 is 2.16 bits per heavy atom. The fourth-order valence-electron chi connectivity index (χ4n) is 2.45. The number of ether oxygens (including phenoxy) is 1. The van der Waals surface area contributed by atoms with E-state index < -0.39 is 5.97 Å². The molecule has 0 saturated carbocycles. The monoisotopic (exact) mass is 263 g/mol. The quantitative estimate of drug-likeness (QED) is 0.850. The lowest BCUT2D eigenvalue weighted by Crippen LogP contribution is -2.43. The lowest BCUT2D eigenvalue weighted by molar-refractivity contribution is -0.142. The molecule has 2 rings (SSSR count). The number of carboxylic acids is 1. The van der Waals surface area contributed by atoms with Gasteiger partial charge in [0.05, 0.1) is 19.1 Å². The Kier molecular flexibility index (Phi) is 5.36. The molecule has 4 heteroatoms. The zero-order chi connectivity index (χ0) is 13.5. The standard InChI is InChI=1S/C15H21NO3/c17-15(18)11-14-12-16(9-10-19-14)8-4-7-13-5-2-1-3-6-13/h1-3,5-6,14H,4,7-12H2,(H,17,18). The summed E-state index contributed by atoms with van der Waals surface area (Å²) in [4.78, 5) is 13.0. The molecule has 1 atom stereocenters. The normalized spacial score (nSPS) is 20.3. The minimum Gasteiger partial charge on any atom is -0.481 e. The van der Waals surface area contributed by atoms with Crippen molar-refractivity contribution in [3.63, 3.8) is 0 Å². The first kappa shape index (κ1) is 14.0. The maximum Gasteiger partial charge on any atom is 0.306 e.